The summed E-state index contributed by atoms with van der Waals surface area (Å²) in [5, 5.41) is 0. The Bertz CT molecular complexity index is 570. The second-order valence-corrected chi connectivity index (χ2v) is 5.06. The lowest BCUT2D eigenvalue weighted by atomic mass is 10.1. The zero-order chi connectivity index (χ0) is 14.4. The van der Waals surface area contributed by atoms with Crippen LogP contribution in [-0.4, -0.2) is 5.78 Å². The van der Waals surface area contributed by atoms with Gasteiger partial charge in [0.1, 0.15) is 18.1 Å². The van der Waals surface area contributed by atoms with Gasteiger partial charge in [-0.15, -0.1) is 0 Å². The van der Waals surface area contributed by atoms with Gasteiger partial charge in [-0.3, -0.25) is 0 Å². The number of carbonyl (C=O) groups is 1. The Kier molecular flexibility index (Phi) is 4.94. The molecule has 2 heteroatoms. The van der Waals surface area contributed by atoms with Gasteiger partial charge in [0.25, 0.3) is 0 Å². The quantitative estimate of drug-likeness (QED) is 0.788. The lowest BCUT2D eigenvalue weighted by Crippen LogP contribution is -1.98. The third-order valence-electron chi connectivity index (χ3n) is 3.34. The smallest absolute Gasteiger partial charge is 0.130 e. The van der Waals surface area contributed by atoms with E-state index < -0.39 is 0 Å². The molecule has 104 valence electrons. The van der Waals surface area contributed by atoms with Crippen LogP contribution in [0.25, 0.3) is 0 Å². The van der Waals surface area contributed by atoms with Gasteiger partial charge in [-0.2, -0.15) is 0 Å². The molecule has 0 aliphatic carbocycles. The molecule has 2 nitrogen and oxygen atoms in total. The van der Waals surface area contributed by atoms with Crippen molar-refractivity contribution in [2.75, 3.05) is 0 Å². The van der Waals surface area contributed by atoms with E-state index in [9.17, 15) is 4.79 Å². The monoisotopic (exact) mass is 268 g/mol. The lowest BCUT2D eigenvalue weighted by molar-refractivity contribution is -0.116. The number of benzene rings is 2. The highest BCUT2D eigenvalue weighted by Crippen LogP contribution is 2.16. The number of ether oxygens (including phenoxy) is 1. The summed E-state index contributed by atoms with van der Waals surface area (Å²) in [4.78, 5) is 11.0. The summed E-state index contributed by atoms with van der Waals surface area (Å²) in [6.45, 7) is 4.29. The van der Waals surface area contributed by atoms with E-state index in [0.717, 1.165) is 12.2 Å². The highest BCUT2D eigenvalue weighted by atomic mass is 16.5. The van der Waals surface area contributed by atoms with Crippen molar-refractivity contribution in [1.82, 2.24) is 0 Å². The van der Waals surface area contributed by atoms with Crippen LogP contribution < -0.4 is 4.74 Å². The number of hydrogen-bond acceptors (Lipinski definition) is 2. The average Bonchev–Trinajstić information content (AvgIpc) is 2.45. The number of rotatable bonds is 6. The van der Waals surface area contributed by atoms with Gasteiger partial charge in [0, 0.05) is 6.42 Å². The van der Waals surface area contributed by atoms with Crippen LogP contribution in [0.2, 0.25) is 0 Å². The number of aryl methyl sites for hydroxylation is 2. The lowest BCUT2D eigenvalue weighted by Gasteiger charge is -2.09. The zero-order valence-corrected chi connectivity index (χ0v) is 12.1. The molecule has 0 saturated heterocycles. The molecule has 0 fully saturated rings. The molecule has 0 aliphatic rings. The van der Waals surface area contributed by atoms with Gasteiger partial charge in [-0.05, 0) is 49.1 Å². The van der Waals surface area contributed by atoms with Crippen molar-refractivity contribution in [1.29, 1.82) is 0 Å². The molecule has 0 atom stereocenters. The highest BCUT2D eigenvalue weighted by molar-refractivity contribution is 5.75. The fourth-order valence-electron chi connectivity index (χ4n) is 2.01. The van der Waals surface area contributed by atoms with E-state index >= 15 is 0 Å². The van der Waals surface area contributed by atoms with Crippen LogP contribution in [0.15, 0.2) is 48.5 Å². The van der Waals surface area contributed by atoms with Crippen molar-refractivity contribution in [3.05, 3.63) is 65.2 Å². The van der Waals surface area contributed by atoms with E-state index in [2.05, 4.69) is 19.1 Å². The first-order chi connectivity index (χ1) is 9.65. The predicted octanol–water partition coefficient (Wildman–Crippen LogP) is 4.10. The van der Waals surface area contributed by atoms with Crippen molar-refractivity contribution < 1.29 is 9.53 Å². The van der Waals surface area contributed by atoms with E-state index in [1.54, 1.807) is 6.92 Å². The fraction of sp³-hybridized carbons (Fsp3) is 0.278. The van der Waals surface area contributed by atoms with Gasteiger partial charge in [-0.1, -0.05) is 36.4 Å². The van der Waals surface area contributed by atoms with Crippen molar-refractivity contribution in [2.45, 2.75) is 33.3 Å². The number of Topliss-reactive ketones (excluding diaryl/α,β-unsaturated/α-hetero) is 1. The number of carbonyl (C=O) groups excluding carboxylic acids is 1. The largest absolute Gasteiger partial charge is 0.489 e. The molecule has 2 aromatic rings. The van der Waals surface area contributed by atoms with E-state index in [4.69, 9.17) is 4.74 Å². The molecule has 0 unspecified atom stereocenters. The Morgan fingerprint density at radius 2 is 1.75 bits per heavy atom. The van der Waals surface area contributed by atoms with Gasteiger partial charge >= 0.3 is 0 Å². The molecule has 0 spiro atoms. The third-order valence-corrected chi connectivity index (χ3v) is 3.34. The summed E-state index contributed by atoms with van der Waals surface area (Å²) >= 11 is 0. The van der Waals surface area contributed by atoms with Crippen LogP contribution in [0.1, 0.15) is 30.0 Å². The van der Waals surface area contributed by atoms with E-state index in [1.165, 1.54) is 16.7 Å². The second kappa shape index (κ2) is 6.90. The molecule has 0 aromatic heterocycles. The maximum absolute atomic E-state index is 11.0. The van der Waals surface area contributed by atoms with Gasteiger partial charge in [0.2, 0.25) is 0 Å². The van der Waals surface area contributed by atoms with Gasteiger partial charge in [0.05, 0.1) is 0 Å². The molecule has 0 saturated carbocycles. The second-order valence-electron chi connectivity index (χ2n) is 5.06. The summed E-state index contributed by atoms with van der Waals surface area (Å²) < 4.78 is 5.79. The summed E-state index contributed by atoms with van der Waals surface area (Å²) in [5.41, 5.74) is 3.61. The Balaban J connectivity index is 1.91. The summed E-state index contributed by atoms with van der Waals surface area (Å²) in [5.74, 6) is 1.09. The predicted molar refractivity (Wildman–Crippen MR) is 81.0 cm³/mol. The van der Waals surface area contributed by atoms with Crippen molar-refractivity contribution in [3.8, 4) is 5.75 Å². The topological polar surface area (TPSA) is 26.3 Å². The van der Waals surface area contributed by atoms with E-state index in [-0.39, 0.29) is 5.78 Å². The van der Waals surface area contributed by atoms with Crippen LogP contribution in [-0.2, 0) is 17.8 Å². The minimum absolute atomic E-state index is 0.227. The summed E-state index contributed by atoms with van der Waals surface area (Å²) in [7, 11) is 0. The third kappa shape index (κ3) is 4.23. The molecule has 0 N–H and O–H groups in total. The molecule has 0 radical (unpaired) electrons. The van der Waals surface area contributed by atoms with Crippen LogP contribution in [0.4, 0.5) is 0 Å². The van der Waals surface area contributed by atoms with Gasteiger partial charge in [-0.25, -0.2) is 0 Å². The normalized spacial score (nSPS) is 10.3. The first-order valence-electron chi connectivity index (χ1n) is 6.91. The van der Waals surface area contributed by atoms with Crippen LogP contribution in [0.5, 0.6) is 5.75 Å². The SMILES string of the molecule is CC(=O)CCc1ccc(OCc2ccccc2C)cc1. The van der Waals surface area contributed by atoms with E-state index in [0.29, 0.717) is 13.0 Å². The maximum Gasteiger partial charge on any atom is 0.130 e. The Morgan fingerprint density at radius 1 is 1.05 bits per heavy atom. The number of ketones is 1. The minimum atomic E-state index is 0.227. The molecule has 0 amide bonds. The van der Waals surface area contributed by atoms with Crippen molar-refractivity contribution in [2.24, 2.45) is 0 Å². The first-order valence-corrected chi connectivity index (χ1v) is 6.91. The van der Waals surface area contributed by atoms with Crippen molar-refractivity contribution in [3.63, 3.8) is 0 Å². The van der Waals surface area contributed by atoms with Crippen molar-refractivity contribution >= 4 is 5.78 Å². The molecule has 20 heavy (non-hydrogen) atoms. The molecule has 0 heterocycles. The molecule has 2 rings (SSSR count). The highest BCUT2D eigenvalue weighted by Gasteiger charge is 2.00. The fourth-order valence-corrected chi connectivity index (χ4v) is 2.01. The Labute approximate surface area is 120 Å². The standard InChI is InChI=1S/C18H20O2/c1-14-5-3-4-6-17(14)13-20-18-11-9-16(10-12-18)8-7-15(2)19/h3-6,9-12H,7-8,13H2,1-2H3. The Hall–Kier alpha value is -2.09. The first kappa shape index (κ1) is 14.3. The minimum Gasteiger partial charge on any atom is -0.489 e. The zero-order valence-electron chi connectivity index (χ0n) is 12.1. The maximum atomic E-state index is 11.0. The van der Waals surface area contributed by atoms with Crippen LogP contribution in [0, 0.1) is 6.92 Å². The summed E-state index contributed by atoms with van der Waals surface area (Å²) in [6.07, 6.45) is 1.40. The number of hydrogen-bond donors (Lipinski definition) is 0. The van der Waals surface area contributed by atoms with E-state index in [1.807, 2.05) is 36.4 Å². The molecule has 2 aromatic carbocycles. The molecule has 0 aliphatic heterocycles. The van der Waals surface area contributed by atoms with Gasteiger partial charge in [0.15, 0.2) is 0 Å². The molecular formula is C18H20O2. The van der Waals surface area contributed by atoms with Crippen LogP contribution in [0.3, 0.4) is 0 Å². The summed E-state index contributed by atoms with van der Waals surface area (Å²) in [6, 6.07) is 16.2. The Morgan fingerprint density at radius 3 is 2.40 bits per heavy atom. The molecule has 0 bridgehead atoms. The molecular weight excluding hydrogens is 248 g/mol. The average molecular weight is 268 g/mol. The van der Waals surface area contributed by atoms with Crippen LogP contribution >= 0.6 is 0 Å². The van der Waals surface area contributed by atoms with Gasteiger partial charge < -0.3 is 9.53 Å².